The Morgan fingerprint density at radius 2 is 1.91 bits per heavy atom. The van der Waals surface area contributed by atoms with Gasteiger partial charge in [-0.2, -0.15) is 5.26 Å². The number of ether oxygens (including phenoxy) is 1. The molecule has 118 valence electrons. The molecule has 2 rings (SSSR count). The van der Waals surface area contributed by atoms with Gasteiger partial charge in [-0.05, 0) is 48.8 Å². The molecule has 0 atom stereocenters. The van der Waals surface area contributed by atoms with E-state index in [-0.39, 0.29) is 6.09 Å². The zero-order chi connectivity index (χ0) is 16.3. The van der Waals surface area contributed by atoms with Crippen molar-refractivity contribution in [2.24, 2.45) is 0 Å². The molecule has 1 aliphatic heterocycles. The summed E-state index contributed by atoms with van der Waals surface area (Å²) in [5.41, 5.74) is 1.06. The van der Waals surface area contributed by atoms with Crippen LogP contribution in [0.15, 0.2) is 22.7 Å². The molecule has 0 unspecified atom stereocenters. The highest BCUT2D eigenvalue weighted by atomic mass is 79.9. The van der Waals surface area contributed by atoms with Crippen LogP contribution in [0.3, 0.4) is 0 Å². The van der Waals surface area contributed by atoms with E-state index in [9.17, 15) is 10.1 Å². The van der Waals surface area contributed by atoms with Crippen LogP contribution >= 0.6 is 15.9 Å². The summed E-state index contributed by atoms with van der Waals surface area (Å²) in [7, 11) is 0. The maximum absolute atomic E-state index is 12.1. The Hall–Kier alpha value is -1.74. The smallest absolute Gasteiger partial charge is 0.410 e. The molecule has 5 nitrogen and oxygen atoms in total. The average molecular weight is 366 g/mol. The lowest BCUT2D eigenvalue weighted by molar-refractivity contribution is 0.0240. The maximum atomic E-state index is 12.1. The molecule has 1 amide bonds. The second-order valence-electron chi connectivity index (χ2n) is 6.20. The third kappa shape index (κ3) is 3.92. The van der Waals surface area contributed by atoms with Crippen LogP contribution < -0.4 is 4.90 Å². The summed E-state index contributed by atoms with van der Waals surface area (Å²) >= 11 is 3.41. The summed E-state index contributed by atoms with van der Waals surface area (Å²) in [5, 5.41) is 9.31. The molecular weight excluding hydrogens is 346 g/mol. The zero-order valence-corrected chi connectivity index (χ0v) is 14.7. The number of nitrogens with zero attached hydrogens (tertiary/aromatic N) is 3. The van der Waals surface area contributed by atoms with Crippen LogP contribution in [0.5, 0.6) is 0 Å². The van der Waals surface area contributed by atoms with E-state index in [1.165, 1.54) is 0 Å². The lowest BCUT2D eigenvalue weighted by atomic mass is 10.1. The molecule has 22 heavy (non-hydrogen) atoms. The molecule has 6 heteroatoms. The summed E-state index contributed by atoms with van der Waals surface area (Å²) in [6, 6.07) is 7.95. The maximum Gasteiger partial charge on any atom is 0.410 e. The van der Waals surface area contributed by atoms with Gasteiger partial charge in [0.15, 0.2) is 0 Å². The van der Waals surface area contributed by atoms with E-state index < -0.39 is 5.60 Å². The topological polar surface area (TPSA) is 56.6 Å². The highest BCUT2D eigenvalue weighted by Gasteiger charge is 2.26. The number of piperazine rings is 1. The van der Waals surface area contributed by atoms with Crippen molar-refractivity contribution in [1.82, 2.24) is 4.90 Å². The number of carbonyl (C=O) groups excluding carboxylic acids is 1. The monoisotopic (exact) mass is 365 g/mol. The number of rotatable bonds is 1. The van der Waals surface area contributed by atoms with Gasteiger partial charge in [0.05, 0.1) is 11.3 Å². The Bertz CT molecular complexity index is 596. The van der Waals surface area contributed by atoms with Gasteiger partial charge in [-0.1, -0.05) is 6.07 Å². The first-order valence-electron chi connectivity index (χ1n) is 7.23. The fourth-order valence-corrected chi connectivity index (χ4v) is 2.79. The number of halogens is 1. The van der Waals surface area contributed by atoms with E-state index in [2.05, 4.69) is 26.9 Å². The fraction of sp³-hybridized carbons (Fsp3) is 0.500. The van der Waals surface area contributed by atoms with E-state index in [0.717, 1.165) is 10.2 Å². The minimum absolute atomic E-state index is 0.276. The molecular formula is C16H20BrN3O2. The average Bonchev–Trinajstić information content (AvgIpc) is 2.45. The van der Waals surface area contributed by atoms with Crippen molar-refractivity contribution < 1.29 is 9.53 Å². The van der Waals surface area contributed by atoms with Crippen molar-refractivity contribution in [3.63, 3.8) is 0 Å². The molecule has 0 N–H and O–H groups in total. The van der Waals surface area contributed by atoms with Gasteiger partial charge < -0.3 is 14.5 Å². The lowest BCUT2D eigenvalue weighted by Gasteiger charge is -2.37. The zero-order valence-electron chi connectivity index (χ0n) is 13.1. The predicted octanol–water partition coefficient (Wildman–Crippen LogP) is 3.38. The van der Waals surface area contributed by atoms with Crippen LogP contribution in [-0.2, 0) is 4.74 Å². The minimum Gasteiger partial charge on any atom is -0.444 e. The van der Waals surface area contributed by atoms with Gasteiger partial charge in [-0.3, -0.25) is 0 Å². The second kappa shape index (κ2) is 6.57. The van der Waals surface area contributed by atoms with E-state index in [1.54, 1.807) is 4.90 Å². The molecule has 0 spiro atoms. The first-order valence-corrected chi connectivity index (χ1v) is 8.02. The Kier molecular flexibility index (Phi) is 4.97. The molecule has 0 aliphatic carbocycles. The molecule has 0 saturated carbocycles. The van der Waals surface area contributed by atoms with E-state index >= 15 is 0 Å². The molecule has 1 aromatic rings. The quantitative estimate of drug-likeness (QED) is 0.765. The second-order valence-corrected chi connectivity index (χ2v) is 7.05. The van der Waals surface area contributed by atoms with E-state index in [4.69, 9.17) is 4.74 Å². The highest BCUT2D eigenvalue weighted by Crippen LogP contribution is 2.28. The lowest BCUT2D eigenvalue weighted by Crippen LogP contribution is -2.50. The number of anilines is 1. The molecule has 1 saturated heterocycles. The number of hydrogen-bond donors (Lipinski definition) is 0. The molecule has 0 aromatic heterocycles. The standard InChI is InChI=1S/C16H20BrN3O2/c1-16(2,3)22-15(21)20-9-7-19(8-10-20)14-6-4-5-13(17)12(14)11-18/h4-6H,7-10H2,1-3H3. The van der Waals surface area contributed by atoms with E-state index in [0.29, 0.717) is 31.7 Å². The molecule has 1 heterocycles. The minimum atomic E-state index is -0.480. The van der Waals surface area contributed by atoms with Crippen molar-refractivity contribution in [1.29, 1.82) is 5.26 Å². The molecule has 1 aliphatic rings. The summed E-state index contributed by atoms with van der Waals surface area (Å²) in [5.74, 6) is 0. The molecule has 0 radical (unpaired) electrons. The first kappa shape index (κ1) is 16.6. The summed E-state index contributed by atoms with van der Waals surface area (Å²) in [6.45, 7) is 8.14. The van der Waals surface area contributed by atoms with Crippen molar-refractivity contribution >= 4 is 27.7 Å². The Morgan fingerprint density at radius 1 is 1.27 bits per heavy atom. The normalized spacial score (nSPS) is 15.4. The van der Waals surface area contributed by atoms with Crippen molar-refractivity contribution in [2.45, 2.75) is 26.4 Å². The van der Waals surface area contributed by atoms with Gasteiger partial charge >= 0.3 is 6.09 Å². The van der Waals surface area contributed by atoms with Crippen LogP contribution in [0.25, 0.3) is 0 Å². The van der Waals surface area contributed by atoms with Crippen LogP contribution in [-0.4, -0.2) is 42.8 Å². The number of benzene rings is 1. The van der Waals surface area contributed by atoms with E-state index in [1.807, 2.05) is 39.0 Å². The number of carbonyl (C=O) groups is 1. The Morgan fingerprint density at radius 3 is 2.45 bits per heavy atom. The third-order valence-electron chi connectivity index (χ3n) is 3.38. The molecule has 1 fully saturated rings. The number of hydrogen-bond acceptors (Lipinski definition) is 4. The Labute approximate surface area is 139 Å². The Balaban J connectivity index is 2.03. The van der Waals surface area contributed by atoms with Crippen LogP contribution in [0.1, 0.15) is 26.3 Å². The van der Waals surface area contributed by atoms with Gasteiger partial charge in [0, 0.05) is 30.7 Å². The van der Waals surface area contributed by atoms with Crippen molar-refractivity contribution in [3.05, 3.63) is 28.2 Å². The summed E-state index contributed by atoms with van der Waals surface area (Å²) in [6.07, 6.45) is -0.276. The fourth-order valence-electron chi connectivity index (χ4n) is 2.34. The largest absolute Gasteiger partial charge is 0.444 e. The van der Waals surface area contributed by atoms with Gasteiger partial charge in [0.2, 0.25) is 0 Å². The number of nitriles is 1. The van der Waals surface area contributed by atoms with Crippen LogP contribution in [0.2, 0.25) is 0 Å². The molecule has 0 bridgehead atoms. The first-order chi connectivity index (χ1) is 10.3. The van der Waals surface area contributed by atoms with Crippen molar-refractivity contribution in [2.75, 3.05) is 31.1 Å². The highest BCUT2D eigenvalue weighted by molar-refractivity contribution is 9.10. The molecule has 1 aromatic carbocycles. The van der Waals surface area contributed by atoms with Crippen molar-refractivity contribution in [3.8, 4) is 6.07 Å². The summed E-state index contributed by atoms with van der Waals surface area (Å²) in [4.78, 5) is 15.9. The van der Waals surface area contributed by atoms with Gasteiger partial charge in [0.25, 0.3) is 0 Å². The van der Waals surface area contributed by atoms with Crippen LogP contribution in [0.4, 0.5) is 10.5 Å². The predicted molar refractivity (Wildman–Crippen MR) is 88.9 cm³/mol. The van der Waals surface area contributed by atoms with Gasteiger partial charge in [-0.25, -0.2) is 4.79 Å². The third-order valence-corrected chi connectivity index (χ3v) is 4.04. The SMILES string of the molecule is CC(C)(C)OC(=O)N1CCN(c2cccc(Br)c2C#N)CC1. The van der Waals surface area contributed by atoms with Gasteiger partial charge in [0.1, 0.15) is 11.7 Å². The van der Waals surface area contributed by atoms with Crippen LogP contribution in [0, 0.1) is 11.3 Å². The summed E-state index contributed by atoms with van der Waals surface area (Å²) < 4.78 is 6.18. The van der Waals surface area contributed by atoms with Gasteiger partial charge in [-0.15, -0.1) is 0 Å². The number of amides is 1.